The maximum Gasteiger partial charge on any atom is 0.305 e. The second-order valence-corrected chi connectivity index (χ2v) is 22.1. The minimum Gasteiger partial charge on any atom is -0.466 e. The van der Waals surface area contributed by atoms with Gasteiger partial charge in [0.05, 0.1) is 25.4 Å². The smallest absolute Gasteiger partial charge is 0.305 e. The van der Waals surface area contributed by atoms with E-state index in [2.05, 4.69) is 43.5 Å². The third-order valence-corrected chi connectivity index (χ3v) is 14.9. The highest BCUT2D eigenvalue weighted by Gasteiger charge is 2.18. The zero-order chi connectivity index (χ0) is 52.2. The van der Waals surface area contributed by atoms with Gasteiger partial charge in [0, 0.05) is 12.8 Å². The number of carbonyl (C=O) groups excluding carboxylic acids is 2. The molecule has 0 saturated carbocycles. The zero-order valence-electron chi connectivity index (χ0n) is 48.4. The van der Waals surface area contributed by atoms with Gasteiger partial charge >= 0.3 is 5.97 Å². The molecule has 0 aromatic heterocycles. The van der Waals surface area contributed by atoms with Crippen molar-refractivity contribution in [3.63, 3.8) is 0 Å². The summed E-state index contributed by atoms with van der Waals surface area (Å²) in [5.41, 5.74) is 0. The molecule has 6 nitrogen and oxygen atoms in total. The molecule has 0 aliphatic carbocycles. The van der Waals surface area contributed by atoms with E-state index in [1.54, 1.807) is 6.08 Å². The van der Waals surface area contributed by atoms with Gasteiger partial charge in [-0.05, 0) is 64.2 Å². The molecule has 0 bridgehead atoms. The number of allylic oxidation sites excluding steroid dienone is 5. The maximum atomic E-state index is 12.5. The molecular formula is C66H125NO5. The predicted octanol–water partition coefficient (Wildman–Crippen LogP) is 20.4. The molecule has 0 saturated heterocycles. The van der Waals surface area contributed by atoms with Crippen molar-refractivity contribution in [1.29, 1.82) is 0 Å². The summed E-state index contributed by atoms with van der Waals surface area (Å²) in [5, 5.41) is 23.2. The van der Waals surface area contributed by atoms with Crippen molar-refractivity contribution >= 4 is 11.9 Å². The van der Waals surface area contributed by atoms with E-state index in [1.807, 2.05) is 6.08 Å². The van der Waals surface area contributed by atoms with Crippen molar-refractivity contribution in [1.82, 2.24) is 5.32 Å². The molecule has 0 heterocycles. The second-order valence-electron chi connectivity index (χ2n) is 22.1. The summed E-state index contributed by atoms with van der Waals surface area (Å²) in [7, 11) is 0. The lowest BCUT2D eigenvalue weighted by atomic mass is 10.0. The van der Waals surface area contributed by atoms with Gasteiger partial charge in [-0.25, -0.2) is 0 Å². The third-order valence-electron chi connectivity index (χ3n) is 14.9. The van der Waals surface area contributed by atoms with Crippen LogP contribution in [0.5, 0.6) is 0 Å². The first-order valence-corrected chi connectivity index (χ1v) is 32.3. The fourth-order valence-electron chi connectivity index (χ4n) is 9.96. The molecule has 0 aliphatic heterocycles. The number of aliphatic hydroxyl groups is 2. The van der Waals surface area contributed by atoms with Crippen molar-refractivity contribution in [3.05, 3.63) is 36.5 Å². The van der Waals surface area contributed by atoms with E-state index in [-0.39, 0.29) is 18.5 Å². The van der Waals surface area contributed by atoms with Crippen LogP contribution < -0.4 is 5.32 Å². The normalized spacial score (nSPS) is 12.8. The van der Waals surface area contributed by atoms with Gasteiger partial charge in [-0.15, -0.1) is 0 Å². The summed E-state index contributed by atoms with van der Waals surface area (Å²) in [5.74, 6) is -0.0872. The molecule has 0 spiro atoms. The number of unbranched alkanes of at least 4 members (excludes halogenated alkanes) is 45. The van der Waals surface area contributed by atoms with Gasteiger partial charge in [-0.3, -0.25) is 9.59 Å². The number of aliphatic hydroxyl groups excluding tert-OH is 2. The molecule has 0 aromatic rings. The number of hydrogen-bond acceptors (Lipinski definition) is 5. The molecule has 0 radical (unpaired) electrons. The average molecular weight is 1010 g/mol. The van der Waals surface area contributed by atoms with Gasteiger partial charge in [0.25, 0.3) is 0 Å². The van der Waals surface area contributed by atoms with Crippen LogP contribution >= 0.6 is 0 Å². The predicted molar refractivity (Wildman–Crippen MR) is 315 cm³/mol. The minimum atomic E-state index is -0.853. The van der Waals surface area contributed by atoms with Gasteiger partial charge in [-0.2, -0.15) is 0 Å². The Balaban J connectivity index is 3.47. The van der Waals surface area contributed by atoms with Crippen molar-refractivity contribution in [2.45, 2.75) is 360 Å². The third kappa shape index (κ3) is 57.4. The SMILES string of the molecule is CCCCCC/C=C\C/C=C\CCCCCCCC(=O)OCCCCCCCCCCCCCCCCCC(=O)NC(CO)C(O)/C=C/CCCCCCCCCCCCCCCCCCCCCCCC. The maximum absolute atomic E-state index is 12.5. The number of carbonyl (C=O) groups is 2. The second kappa shape index (κ2) is 61.6. The van der Waals surface area contributed by atoms with Gasteiger partial charge in [0.1, 0.15) is 0 Å². The Bertz CT molecular complexity index is 1170. The molecule has 0 fully saturated rings. The molecule has 0 aliphatic rings. The number of esters is 1. The Kier molecular flexibility index (Phi) is 60.0. The summed E-state index contributed by atoms with van der Waals surface area (Å²) < 4.78 is 5.48. The number of nitrogens with one attached hydrogen (secondary N) is 1. The van der Waals surface area contributed by atoms with E-state index in [1.165, 1.54) is 257 Å². The molecule has 2 atom stereocenters. The number of rotatable bonds is 60. The first-order chi connectivity index (χ1) is 35.5. The summed E-state index contributed by atoms with van der Waals surface area (Å²) in [4.78, 5) is 24.6. The number of ether oxygens (including phenoxy) is 1. The Hall–Kier alpha value is -1.92. The minimum absolute atomic E-state index is 0.0133. The molecule has 0 aromatic carbocycles. The molecular weight excluding hydrogens is 887 g/mol. The number of hydrogen-bond donors (Lipinski definition) is 3. The Morgan fingerprint density at radius 2 is 0.694 bits per heavy atom. The average Bonchev–Trinajstić information content (AvgIpc) is 3.38. The summed E-state index contributed by atoms with van der Waals surface area (Å²) >= 11 is 0. The topological polar surface area (TPSA) is 95.9 Å². The van der Waals surface area contributed by atoms with Crippen molar-refractivity contribution < 1.29 is 24.5 Å². The van der Waals surface area contributed by atoms with Crippen LogP contribution in [0.1, 0.15) is 348 Å². The Morgan fingerprint density at radius 1 is 0.389 bits per heavy atom. The van der Waals surface area contributed by atoms with E-state index in [0.717, 1.165) is 64.2 Å². The lowest BCUT2D eigenvalue weighted by Crippen LogP contribution is -2.45. The largest absolute Gasteiger partial charge is 0.466 e. The van der Waals surface area contributed by atoms with E-state index in [0.29, 0.717) is 19.4 Å². The van der Waals surface area contributed by atoms with Crippen LogP contribution in [0.3, 0.4) is 0 Å². The van der Waals surface area contributed by atoms with Gasteiger partial charge < -0.3 is 20.3 Å². The van der Waals surface area contributed by atoms with Gasteiger partial charge in [0.15, 0.2) is 0 Å². The zero-order valence-corrected chi connectivity index (χ0v) is 48.4. The van der Waals surface area contributed by atoms with Crippen molar-refractivity contribution in [3.8, 4) is 0 Å². The fourth-order valence-corrected chi connectivity index (χ4v) is 9.96. The van der Waals surface area contributed by atoms with Gasteiger partial charge in [-0.1, -0.05) is 307 Å². The van der Waals surface area contributed by atoms with Crippen LogP contribution in [0.2, 0.25) is 0 Å². The van der Waals surface area contributed by atoms with Crippen LogP contribution in [0.15, 0.2) is 36.5 Å². The highest BCUT2D eigenvalue weighted by molar-refractivity contribution is 5.76. The summed E-state index contributed by atoms with van der Waals surface area (Å²) in [6.07, 6.45) is 77.5. The van der Waals surface area contributed by atoms with E-state index in [9.17, 15) is 19.8 Å². The molecule has 424 valence electrons. The molecule has 1 amide bonds. The lowest BCUT2D eigenvalue weighted by Gasteiger charge is -2.20. The van der Waals surface area contributed by atoms with E-state index >= 15 is 0 Å². The first-order valence-electron chi connectivity index (χ1n) is 32.3. The quantitative estimate of drug-likeness (QED) is 0.0320. The van der Waals surface area contributed by atoms with E-state index in [4.69, 9.17) is 4.74 Å². The Labute approximate surface area is 449 Å². The lowest BCUT2D eigenvalue weighted by molar-refractivity contribution is -0.143. The van der Waals surface area contributed by atoms with E-state index < -0.39 is 12.1 Å². The van der Waals surface area contributed by atoms with Crippen LogP contribution in [-0.2, 0) is 14.3 Å². The molecule has 2 unspecified atom stereocenters. The van der Waals surface area contributed by atoms with Crippen LogP contribution in [-0.4, -0.2) is 47.4 Å². The summed E-state index contributed by atoms with van der Waals surface area (Å²) in [6, 6.07) is -0.637. The monoisotopic (exact) mass is 1010 g/mol. The highest BCUT2D eigenvalue weighted by atomic mass is 16.5. The summed E-state index contributed by atoms with van der Waals surface area (Å²) in [6.45, 7) is 4.89. The standard InChI is InChI=1S/C66H125NO5/c1-3-5-7-9-11-13-15-17-19-21-22-23-24-25-26-27-28-30-34-38-42-46-50-54-58-64(69)63(62-68)67-65(70)59-55-51-47-43-39-35-31-29-33-37-41-45-49-53-57-61-72-66(71)60-56-52-48-44-40-36-32-20-18-16-14-12-10-8-6-4-2/h14,16,20,32,54,58,63-64,68-69H,3-13,15,17-19,21-31,33-53,55-57,59-62H2,1-2H3,(H,67,70)/b16-14-,32-20-,58-54+. The molecule has 72 heavy (non-hydrogen) atoms. The van der Waals surface area contributed by atoms with Crippen LogP contribution in [0, 0.1) is 0 Å². The van der Waals surface area contributed by atoms with Crippen LogP contribution in [0.4, 0.5) is 0 Å². The molecule has 6 heteroatoms. The van der Waals surface area contributed by atoms with Crippen LogP contribution in [0.25, 0.3) is 0 Å². The molecule has 0 rings (SSSR count). The van der Waals surface area contributed by atoms with Gasteiger partial charge in [0.2, 0.25) is 5.91 Å². The Morgan fingerprint density at radius 3 is 1.07 bits per heavy atom. The number of amides is 1. The van der Waals surface area contributed by atoms with Crippen molar-refractivity contribution in [2.24, 2.45) is 0 Å². The fraction of sp³-hybridized carbons (Fsp3) is 0.879. The highest BCUT2D eigenvalue weighted by Crippen LogP contribution is 2.18. The first kappa shape index (κ1) is 70.1. The van der Waals surface area contributed by atoms with Crippen molar-refractivity contribution in [2.75, 3.05) is 13.2 Å². The molecule has 3 N–H and O–H groups in total.